The minimum Gasteiger partial charge on any atom is -0.330 e. The van der Waals surface area contributed by atoms with Crippen molar-refractivity contribution in [2.45, 2.75) is 57.5 Å². The molecule has 0 atom stereocenters. The predicted octanol–water partition coefficient (Wildman–Crippen LogP) is 4.15. The number of hydrogen-bond donors (Lipinski definition) is 0. The number of fused-ring (bicyclic) bond motifs is 1. The van der Waals surface area contributed by atoms with Crippen LogP contribution in [-0.2, 0) is 26.4 Å². The molecule has 1 heterocycles. The van der Waals surface area contributed by atoms with Crippen molar-refractivity contribution in [3.63, 3.8) is 0 Å². The summed E-state index contributed by atoms with van der Waals surface area (Å²) in [5.41, 5.74) is 4.37. The quantitative estimate of drug-likeness (QED) is 0.824. The van der Waals surface area contributed by atoms with E-state index in [1.165, 1.54) is 30.5 Å². The van der Waals surface area contributed by atoms with Crippen molar-refractivity contribution in [1.29, 1.82) is 0 Å². The number of carbonyl (C=O) groups is 1. The highest BCUT2D eigenvalue weighted by molar-refractivity contribution is 6.33. The van der Waals surface area contributed by atoms with Gasteiger partial charge in [-0.05, 0) is 49.8 Å². The highest BCUT2D eigenvalue weighted by Gasteiger charge is 2.31. The monoisotopic (exact) mass is 357 g/mol. The molecule has 5 heteroatoms. The molecule has 1 aromatic heterocycles. The Kier molecular flexibility index (Phi) is 4.55. The van der Waals surface area contributed by atoms with Gasteiger partial charge in [0, 0.05) is 18.8 Å². The first kappa shape index (κ1) is 16.6. The maximum Gasteiger partial charge on any atom is 0.255 e. The van der Waals surface area contributed by atoms with E-state index in [9.17, 15) is 4.79 Å². The standard InChI is InChI=1S/C20H24ClN3O/c1-23-19-12-6-10-16(19)18(22-23)13-24(14-7-2-3-8-14)20(25)15-9-4-5-11-17(15)21/h4-5,9,11,14H,2-3,6-8,10,12-13H2,1H3. The summed E-state index contributed by atoms with van der Waals surface area (Å²) >= 11 is 6.30. The molecule has 0 saturated heterocycles. The number of benzene rings is 1. The van der Waals surface area contributed by atoms with Crippen LogP contribution in [0.4, 0.5) is 0 Å². The van der Waals surface area contributed by atoms with E-state index >= 15 is 0 Å². The van der Waals surface area contributed by atoms with Crippen molar-refractivity contribution in [3.05, 3.63) is 51.8 Å². The zero-order valence-corrected chi connectivity index (χ0v) is 15.4. The van der Waals surface area contributed by atoms with Gasteiger partial charge in [0.2, 0.25) is 0 Å². The zero-order valence-electron chi connectivity index (χ0n) is 14.7. The van der Waals surface area contributed by atoms with Crippen LogP contribution in [0.2, 0.25) is 5.02 Å². The van der Waals surface area contributed by atoms with Gasteiger partial charge < -0.3 is 4.90 Å². The Hall–Kier alpha value is -1.81. The van der Waals surface area contributed by atoms with Crippen LogP contribution in [0.1, 0.15) is 59.4 Å². The third kappa shape index (κ3) is 3.08. The third-order valence-electron chi connectivity index (χ3n) is 5.65. The highest BCUT2D eigenvalue weighted by atomic mass is 35.5. The minimum absolute atomic E-state index is 0.0369. The molecule has 2 aromatic rings. The highest BCUT2D eigenvalue weighted by Crippen LogP contribution is 2.31. The van der Waals surface area contributed by atoms with E-state index in [-0.39, 0.29) is 5.91 Å². The molecule has 132 valence electrons. The number of amides is 1. The Morgan fingerprint density at radius 1 is 1.24 bits per heavy atom. The van der Waals surface area contributed by atoms with Gasteiger partial charge in [0.1, 0.15) is 0 Å². The number of halogens is 1. The summed E-state index contributed by atoms with van der Waals surface area (Å²) in [6.07, 6.45) is 7.90. The lowest BCUT2D eigenvalue weighted by molar-refractivity contribution is 0.0661. The topological polar surface area (TPSA) is 38.1 Å². The van der Waals surface area contributed by atoms with Gasteiger partial charge in [0.15, 0.2) is 0 Å². The van der Waals surface area contributed by atoms with Crippen LogP contribution in [0.15, 0.2) is 24.3 Å². The second-order valence-electron chi connectivity index (χ2n) is 7.20. The van der Waals surface area contributed by atoms with E-state index in [1.807, 2.05) is 34.8 Å². The fourth-order valence-electron chi connectivity index (χ4n) is 4.36. The Morgan fingerprint density at radius 3 is 2.76 bits per heavy atom. The van der Waals surface area contributed by atoms with Gasteiger partial charge in [-0.2, -0.15) is 5.10 Å². The Labute approximate surface area is 153 Å². The smallest absolute Gasteiger partial charge is 0.255 e. The van der Waals surface area contributed by atoms with E-state index in [4.69, 9.17) is 16.7 Å². The fraction of sp³-hybridized carbons (Fsp3) is 0.500. The van der Waals surface area contributed by atoms with Crippen molar-refractivity contribution in [1.82, 2.24) is 14.7 Å². The van der Waals surface area contributed by atoms with Crippen LogP contribution in [0.3, 0.4) is 0 Å². The summed E-state index contributed by atoms with van der Waals surface area (Å²) in [5.74, 6) is 0.0369. The predicted molar refractivity (Wildman–Crippen MR) is 98.8 cm³/mol. The molecule has 4 rings (SSSR count). The maximum atomic E-state index is 13.3. The second kappa shape index (κ2) is 6.83. The van der Waals surface area contributed by atoms with Crippen LogP contribution in [0.5, 0.6) is 0 Å². The van der Waals surface area contributed by atoms with Gasteiger partial charge in [-0.15, -0.1) is 0 Å². The van der Waals surface area contributed by atoms with Gasteiger partial charge in [0.25, 0.3) is 5.91 Å². The summed E-state index contributed by atoms with van der Waals surface area (Å²) in [6, 6.07) is 7.66. The van der Waals surface area contributed by atoms with Crippen molar-refractivity contribution in [2.24, 2.45) is 7.05 Å². The van der Waals surface area contributed by atoms with Gasteiger partial charge in [-0.25, -0.2) is 0 Å². The van der Waals surface area contributed by atoms with Gasteiger partial charge >= 0.3 is 0 Å². The molecule has 0 unspecified atom stereocenters. The molecule has 1 aromatic carbocycles. The van der Waals surface area contributed by atoms with Gasteiger partial charge in [0.05, 0.1) is 22.8 Å². The number of aryl methyl sites for hydroxylation is 1. The van der Waals surface area contributed by atoms with Crippen molar-refractivity contribution < 1.29 is 4.79 Å². The van der Waals surface area contributed by atoms with E-state index < -0.39 is 0 Å². The number of rotatable bonds is 4. The molecule has 1 amide bonds. The summed E-state index contributed by atoms with van der Waals surface area (Å²) in [4.78, 5) is 15.3. The largest absolute Gasteiger partial charge is 0.330 e. The molecule has 2 aliphatic carbocycles. The van der Waals surface area contributed by atoms with Gasteiger partial charge in [-0.1, -0.05) is 36.6 Å². The minimum atomic E-state index is 0.0369. The van der Waals surface area contributed by atoms with E-state index in [2.05, 4.69) is 0 Å². The number of nitrogens with zero attached hydrogens (tertiary/aromatic N) is 3. The average Bonchev–Trinajstić information content (AvgIpc) is 3.33. The molecule has 4 nitrogen and oxygen atoms in total. The molecule has 1 fully saturated rings. The first-order valence-corrected chi connectivity index (χ1v) is 9.62. The lowest BCUT2D eigenvalue weighted by Gasteiger charge is -2.29. The maximum absolute atomic E-state index is 13.3. The Bertz CT molecular complexity index is 792. The number of aromatic nitrogens is 2. The summed E-state index contributed by atoms with van der Waals surface area (Å²) in [6.45, 7) is 0.595. The Morgan fingerprint density at radius 2 is 2.00 bits per heavy atom. The summed E-state index contributed by atoms with van der Waals surface area (Å²) < 4.78 is 2.00. The summed E-state index contributed by atoms with van der Waals surface area (Å²) in [5, 5.41) is 5.26. The second-order valence-corrected chi connectivity index (χ2v) is 7.61. The lowest BCUT2D eigenvalue weighted by Crippen LogP contribution is -2.38. The number of carbonyl (C=O) groups excluding carboxylic acids is 1. The van der Waals surface area contributed by atoms with Crippen LogP contribution < -0.4 is 0 Å². The Balaban J connectivity index is 1.66. The van der Waals surface area contributed by atoms with Crippen LogP contribution >= 0.6 is 11.6 Å². The SMILES string of the molecule is Cn1nc(CN(C(=O)c2ccccc2Cl)C2CCCC2)c2c1CCC2. The van der Waals surface area contributed by atoms with Crippen molar-refractivity contribution in [2.75, 3.05) is 0 Å². The molecular weight excluding hydrogens is 334 g/mol. The first-order valence-electron chi connectivity index (χ1n) is 9.24. The lowest BCUT2D eigenvalue weighted by atomic mass is 10.1. The summed E-state index contributed by atoms with van der Waals surface area (Å²) in [7, 11) is 2.02. The zero-order chi connectivity index (χ0) is 17.4. The van der Waals surface area contributed by atoms with E-state index in [1.54, 1.807) is 6.07 Å². The molecule has 1 saturated carbocycles. The van der Waals surface area contributed by atoms with Crippen LogP contribution in [0.25, 0.3) is 0 Å². The van der Waals surface area contributed by atoms with Crippen molar-refractivity contribution in [3.8, 4) is 0 Å². The van der Waals surface area contributed by atoms with Crippen molar-refractivity contribution >= 4 is 17.5 Å². The van der Waals surface area contributed by atoms with Crippen LogP contribution in [-0.4, -0.2) is 26.6 Å². The molecule has 0 bridgehead atoms. The number of hydrogen-bond acceptors (Lipinski definition) is 2. The third-order valence-corrected chi connectivity index (χ3v) is 5.98. The molecule has 0 aliphatic heterocycles. The molecular formula is C20H24ClN3O. The molecule has 0 radical (unpaired) electrons. The van der Waals surface area contributed by atoms with E-state index in [0.29, 0.717) is 23.2 Å². The normalized spacial score (nSPS) is 17.0. The average molecular weight is 358 g/mol. The van der Waals surface area contributed by atoms with Crippen LogP contribution in [0, 0.1) is 0 Å². The fourth-order valence-corrected chi connectivity index (χ4v) is 4.57. The molecule has 25 heavy (non-hydrogen) atoms. The molecule has 0 spiro atoms. The molecule has 0 N–H and O–H groups in total. The first-order chi connectivity index (χ1) is 12.1. The van der Waals surface area contributed by atoms with Gasteiger partial charge in [-0.3, -0.25) is 9.48 Å². The van der Waals surface area contributed by atoms with E-state index in [0.717, 1.165) is 31.4 Å². The molecule has 2 aliphatic rings.